The molecule has 172 valence electrons. The molecule has 6 heteroatoms. The number of amides is 2. The Labute approximate surface area is 191 Å². The van der Waals surface area contributed by atoms with Crippen molar-refractivity contribution >= 4 is 11.8 Å². The van der Waals surface area contributed by atoms with Crippen LogP contribution in [0.15, 0.2) is 48.5 Å². The first kappa shape index (κ1) is 23.6. The molecule has 0 radical (unpaired) electrons. The summed E-state index contributed by atoms with van der Waals surface area (Å²) < 4.78 is 11.7. The number of benzene rings is 2. The molecular formula is C26H34N2O4. The van der Waals surface area contributed by atoms with E-state index in [1.54, 1.807) is 18.1 Å². The summed E-state index contributed by atoms with van der Waals surface area (Å²) in [5, 5.41) is 0. The van der Waals surface area contributed by atoms with E-state index < -0.39 is 0 Å². The second kappa shape index (κ2) is 11.0. The van der Waals surface area contributed by atoms with E-state index >= 15 is 0 Å². The molecule has 32 heavy (non-hydrogen) atoms. The molecule has 0 saturated heterocycles. The summed E-state index contributed by atoms with van der Waals surface area (Å²) in [6, 6.07) is 14.6. The maximum atomic E-state index is 13.7. The van der Waals surface area contributed by atoms with E-state index in [0.717, 1.165) is 19.3 Å². The summed E-state index contributed by atoms with van der Waals surface area (Å²) in [7, 11) is 3.39. The highest BCUT2D eigenvalue weighted by molar-refractivity contribution is 5.97. The van der Waals surface area contributed by atoms with Gasteiger partial charge < -0.3 is 19.3 Å². The number of para-hydroxylation sites is 2. The Bertz CT molecular complexity index is 928. The standard InChI is InChI=1S/C26H34N2O4/c1-19(2)17-20-18-32-24-14-8-6-12-22(24)25(29)27(3)15-9-10-16-28(20)26(30)21-11-5-7-13-23(21)31-4/h5-8,11-14,19-20H,9-10,15-18H2,1-4H3/t20-/m0/s1. The second-order valence-electron chi connectivity index (χ2n) is 8.72. The van der Waals surface area contributed by atoms with Crippen LogP contribution in [-0.2, 0) is 0 Å². The van der Waals surface area contributed by atoms with Gasteiger partial charge in [-0.25, -0.2) is 0 Å². The molecule has 3 rings (SSSR count). The fourth-order valence-corrected chi connectivity index (χ4v) is 4.15. The molecule has 2 aromatic carbocycles. The summed E-state index contributed by atoms with van der Waals surface area (Å²) in [4.78, 5) is 30.2. The van der Waals surface area contributed by atoms with Crippen molar-refractivity contribution in [2.45, 2.75) is 39.2 Å². The van der Waals surface area contributed by atoms with E-state index in [2.05, 4.69) is 13.8 Å². The first-order valence-corrected chi connectivity index (χ1v) is 11.3. The molecule has 0 bridgehead atoms. The van der Waals surface area contributed by atoms with Crippen molar-refractivity contribution in [3.63, 3.8) is 0 Å². The normalized spacial score (nSPS) is 17.8. The van der Waals surface area contributed by atoms with Gasteiger partial charge in [0.15, 0.2) is 0 Å². The van der Waals surface area contributed by atoms with Crippen molar-refractivity contribution in [2.24, 2.45) is 5.92 Å². The maximum absolute atomic E-state index is 13.7. The van der Waals surface area contributed by atoms with Gasteiger partial charge in [0.1, 0.15) is 18.1 Å². The quantitative estimate of drug-likeness (QED) is 0.705. The minimum Gasteiger partial charge on any atom is -0.496 e. The van der Waals surface area contributed by atoms with E-state index in [0.29, 0.717) is 48.2 Å². The molecule has 1 aliphatic heterocycles. The third-order valence-corrected chi connectivity index (χ3v) is 5.82. The summed E-state index contributed by atoms with van der Waals surface area (Å²) in [5.41, 5.74) is 1.12. The van der Waals surface area contributed by atoms with Crippen LogP contribution in [0.1, 0.15) is 53.8 Å². The van der Waals surface area contributed by atoms with Crippen LogP contribution in [0.3, 0.4) is 0 Å². The van der Waals surface area contributed by atoms with Crippen molar-refractivity contribution in [1.29, 1.82) is 0 Å². The maximum Gasteiger partial charge on any atom is 0.257 e. The number of fused-ring (bicyclic) bond motifs is 1. The minimum atomic E-state index is -0.118. The lowest BCUT2D eigenvalue weighted by atomic mass is 10.0. The highest BCUT2D eigenvalue weighted by atomic mass is 16.5. The van der Waals surface area contributed by atoms with E-state index in [4.69, 9.17) is 9.47 Å². The zero-order valence-corrected chi connectivity index (χ0v) is 19.5. The van der Waals surface area contributed by atoms with E-state index in [-0.39, 0.29) is 17.9 Å². The average molecular weight is 439 g/mol. The lowest BCUT2D eigenvalue weighted by Crippen LogP contribution is -2.45. The zero-order chi connectivity index (χ0) is 23.1. The Morgan fingerprint density at radius 3 is 2.53 bits per heavy atom. The molecule has 1 atom stereocenters. The third kappa shape index (κ3) is 5.61. The Morgan fingerprint density at radius 2 is 1.78 bits per heavy atom. The number of hydrogen-bond acceptors (Lipinski definition) is 4. The Kier molecular flexibility index (Phi) is 8.14. The number of ether oxygens (including phenoxy) is 2. The second-order valence-corrected chi connectivity index (χ2v) is 8.72. The van der Waals surface area contributed by atoms with Crippen LogP contribution in [0, 0.1) is 5.92 Å². The fourth-order valence-electron chi connectivity index (χ4n) is 4.15. The summed E-state index contributed by atoms with van der Waals surface area (Å²) in [6.45, 7) is 5.84. The van der Waals surface area contributed by atoms with Crippen LogP contribution >= 0.6 is 0 Å². The largest absolute Gasteiger partial charge is 0.496 e. The predicted molar refractivity (Wildman–Crippen MR) is 125 cm³/mol. The number of rotatable bonds is 4. The molecule has 0 fully saturated rings. The van der Waals surface area contributed by atoms with Crippen molar-refractivity contribution in [1.82, 2.24) is 9.80 Å². The predicted octanol–water partition coefficient (Wildman–Crippen LogP) is 4.50. The molecule has 0 aromatic heterocycles. The molecule has 0 N–H and O–H groups in total. The molecule has 2 aromatic rings. The van der Waals surface area contributed by atoms with Crippen LogP contribution in [0.25, 0.3) is 0 Å². The Balaban J connectivity index is 1.96. The van der Waals surface area contributed by atoms with Crippen molar-refractivity contribution in [2.75, 3.05) is 33.9 Å². The first-order valence-electron chi connectivity index (χ1n) is 11.3. The van der Waals surface area contributed by atoms with E-state index in [9.17, 15) is 9.59 Å². The average Bonchev–Trinajstić information content (AvgIpc) is 2.80. The van der Waals surface area contributed by atoms with Crippen molar-refractivity contribution < 1.29 is 19.1 Å². The SMILES string of the molecule is COc1ccccc1C(=O)N1CCCCN(C)C(=O)c2ccccc2OC[C@@H]1CC(C)C. The molecule has 1 heterocycles. The number of nitrogens with zero attached hydrogens (tertiary/aromatic N) is 2. The van der Waals surface area contributed by atoms with Gasteiger partial charge in [-0.1, -0.05) is 38.1 Å². The van der Waals surface area contributed by atoms with Gasteiger partial charge in [-0.2, -0.15) is 0 Å². The Hall–Kier alpha value is -3.02. The molecule has 2 amide bonds. The van der Waals surface area contributed by atoms with Crippen LogP contribution in [0.4, 0.5) is 0 Å². The smallest absolute Gasteiger partial charge is 0.257 e. The molecule has 0 saturated carbocycles. The lowest BCUT2D eigenvalue weighted by molar-refractivity contribution is 0.0556. The molecular weight excluding hydrogens is 404 g/mol. The molecule has 0 aliphatic carbocycles. The van der Waals surface area contributed by atoms with Crippen LogP contribution in [-0.4, -0.2) is 61.5 Å². The molecule has 6 nitrogen and oxygen atoms in total. The van der Waals surface area contributed by atoms with E-state index in [1.807, 2.05) is 54.4 Å². The summed E-state index contributed by atoms with van der Waals surface area (Å²) in [5.74, 6) is 1.43. The van der Waals surface area contributed by atoms with Crippen LogP contribution < -0.4 is 9.47 Å². The third-order valence-electron chi connectivity index (χ3n) is 5.82. The number of carbonyl (C=O) groups excluding carboxylic acids is 2. The monoisotopic (exact) mass is 438 g/mol. The highest BCUT2D eigenvalue weighted by Gasteiger charge is 2.29. The van der Waals surface area contributed by atoms with Gasteiger partial charge >= 0.3 is 0 Å². The van der Waals surface area contributed by atoms with Gasteiger partial charge in [-0.15, -0.1) is 0 Å². The van der Waals surface area contributed by atoms with Crippen LogP contribution in [0.2, 0.25) is 0 Å². The molecule has 0 spiro atoms. The highest BCUT2D eigenvalue weighted by Crippen LogP contribution is 2.26. The first-order chi connectivity index (χ1) is 15.4. The van der Waals surface area contributed by atoms with Gasteiger partial charge in [0.2, 0.25) is 0 Å². The van der Waals surface area contributed by atoms with Gasteiger partial charge in [0, 0.05) is 20.1 Å². The summed E-state index contributed by atoms with van der Waals surface area (Å²) >= 11 is 0. The van der Waals surface area contributed by atoms with Crippen molar-refractivity contribution in [3.8, 4) is 11.5 Å². The van der Waals surface area contributed by atoms with Gasteiger partial charge in [0.25, 0.3) is 11.8 Å². The minimum absolute atomic E-state index is 0.0384. The van der Waals surface area contributed by atoms with Gasteiger partial charge in [0.05, 0.1) is 24.3 Å². The fraction of sp³-hybridized carbons (Fsp3) is 0.462. The topological polar surface area (TPSA) is 59.1 Å². The summed E-state index contributed by atoms with van der Waals surface area (Å²) in [6.07, 6.45) is 2.42. The Morgan fingerprint density at radius 1 is 1.09 bits per heavy atom. The van der Waals surface area contributed by atoms with E-state index in [1.165, 1.54) is 0 Å². The number of methoxy groups -OCH3 is 1. The van der Waals surface area contributed by atoms with Crippen molar-refractivity contribution in [3.05, 3.63) is 59.7 Å². The number of carbonyl (C=O) groups is 2. The molecule has 1 aliphatic rings. The zero-order valence-electron chi connectivity index (χ0n) is 19.5. The van der Waals surface area contributed by atoms with Gasteiger partial charge in [-0.05, 0) is 49.4 Å². The van der Waals surface area contributed by atoms with Crippen LogP contribution in [0.5, 0.6) is 11.5 Å². The molecule has 0 unspecified atom stereocenters. The lowest BCUT2D eigenvalue weighted by Gasteiger charge is -2.34. The van der Waals surface area contributed by atoms with Gasteiger partial charge in [-0.3, -0.25) is 9.59 Å². The number of hydrogen-bond donors (Lipinski definition) is 0.